The molecule has 0 atom stereocenters. The fourth-order valence-electron chi connectivity index (χ4n) is 0.925. The molecule has 0 aliphatic rings. The van der Waals surface area contributed by atoms with E-state index in [9.17, 15) is 0 Å². The number of nitrogens with one attached hydrogen (secondary N) is 1. The lowest BCUT2D eigenvalue weighted by Crippen LogP contribution is -2.02. The number of thiocarbonyl (C=S) groups is 1. The van der Waals surface area contributed by atoms with Crippen LogP contribution in [0.2, 0.25) is 5.02 Å². The second-order valence-electron chi connectivity index (χ2n) is 2.27. The molecule has 0 saturated heterocycles. The highest BCUT2D eigenvalue weighted by Crippen LogP contribution is 2.19. The van der Waals surface area contributed by atoms with Crippen molar-refractivity contribution < 1.29 is 0 Å². The van der Waals surface area contributed by atoms with E-state index in [0.717, 1.165) is 11.3 Å². The second kappa shape index (κ2) is 4.40. The Morgan fingerprint density at radius 1 is 1.58 bits per heavy atom. The van der Waals surface area contributed by atoms with E-state index >= 15 is 0 Å². The summed E-state index contributed by atoms with van der Waals surface area (Å²) in [5, 5.41) is 3.57. The van der Waals surface area contributed by atoms with Gasteiger partial charge in [0.1, 0.15) is 0 Å². The van der Waals surface area contributed by atoms with E-state index < -0.39 is 0 Å². The first-order valence-corrected chi connectivity index (χ1v) is 4.31. The molecule has 0 amide bonds. The molecular formula is C8H9ClN2S. The predicted molar refractivity (Wildman–Crippen MR) is 56.6 cm³/mol. The predicted octanol–water partition coefficient (Wildman–Crippen LogP) is 2.17. The number of halogens is 1. The van der Waals surface area contributed by atoms with Crippen LogP contribution in [0.1, 0.15) is 5.56 Å². The van der Waals surface area contributed by atoms with E-state index in [-0.39, 0.29) is 0 Å². The quantitative estimate of drug-likeness (QED) is 0.735. The van der Waals surface area contributed by atoms with Gasteiger partial charge in [0.2, 0.25) is 0 Å². The fraction of sp³-hybridized carbons (Fsp3) is 0.125. The normalized spacial score (nSPS) is 9.50. The molecule has 0 spiro atoms. The Morgan fingerprint density at radius 2 is 2.33 bits per heavy atom. The van der Waals surface area contributed by atoms with E-state index in [1.54, 1.807) is 12.1 Å². The maximum absolute atomic E-state index is 5.78. The molecule has 0 heterocycles. The van der Waals surface area contributed by atoms with Crippen LogP contribution in [0, 0.1) is 0 Å². The molecule has 64 valence electrons. The summed E-state index contributed by atoms with van der Waals surface area (Å²) in [5.41, 5.74) is 8.81. The van der Waals surface area contributed by atoms with Gasteiger partial charge in [-0.1, -0.05) is 29.9 Å². The third-order valence-electron chi connectivity index (χ3n) is 1.51. The Labute approximate surface area is 81.7 Å². The van der Waals surface area contributed by atoms with Crippen molar-refractivity contribution in [1.29, 1.82) is 0 Å². The average Bonchev–Trinajstić information content (AvgIpc) is 2.05. The van der Waals surface area contributed by atoms with Crippen molar-refractivity contribution in [2.45, 2.75) is 6.54 Å². The van der Waals surface area contributed by atoms with Crippen LogP contribution in [-0.2, 0) is 6.54 Å². The van der Waals surface area contributed by atoms with E-state index in [2.05, 4.69) is 17.5 Å². The largest absolute Gasteiger partial charge is 0.352 e. The highest BCUT2D eigenvalue weighted by molar-refractivity contribution is 7.79. The monoisotopic (exact) mass is 200 g/mol. The molecule has 0 aliphatic heterocycles. The number of rotatable bonds is 3. The number of anilines is 1. The van der Waals surface area contributed by atoms with Crippen molar-refractivity contribution in [3.63, 3.8) is 0 Å². The van der Waals surface area contributed by atoms with Crippen LogP contribution in [0.4, 0.5) is 5.69 Å². The summed E-state index contributed by atoms with van der Waals surface area (Å²) >= 11 is 10.4. The first-order chi connectivity index (χ1) is 5.77. The highest BCUT2D eigenvalue weighted by Gasteiger charge is 1.99. The Balaban J connectivity index is 3.03. The number of benzene rings is 1. The van der Waals surface area contributed by atoms with Crippen molar-refractivity contribution in [2.24, 2.45) is 5.73 Å². The molecular weight excluding hydrogens is 192 g/mol. The molecule has 0 aromatic heterocycles. The third-order valence-corrected chi connectivity index (χ3v) is 1.86. The molecule has 0 unspecified atom stereocenters. The van der Waals surface area contributed by atoms with Gasteiger partial charge < -0.3 is 11.1 Å². The first-order valence-electron chi connectivity index (χ1n) is 3.46. The lowest BCUT2D eigenvalue weighted by atomic mass is 10.2. The fourth-order valence-corrected chi connectivity index (χ4v) is 1.22. The molecule has 2 nitrogen and oxygen atoms in total. The molecule has 0 aliphatic carbocycles. The summed E-state index contributed by atoms with van der Waals surface area (Å²) in [5.74, 6) is 0. The summed E-state index contributed by atoms with van der Waals surface area (Å²) in [6.45, 7) is 0.475. The zero-order valence-corrected chi connectivity index (χ0v) is 7.95. The van der Waals surface area contributed by atoms with Crippen LogP contribution in [0.25, 0.3) is 0 Å². The minimum Gasteiger partial charge on any atom is -0.352 e. The van der Waals surface area contributed by atoms with Gasteiger partial charge in [-0.2, -0.15) is 0 Å². The topological polar surface area (TPSA) is 38.0 Å². The SMILES string of the molecule is NCc1ccc(Cl)cc1NC=S. The van der Waals surface area contributed by atoms with Crippen LogP contribution in [0.15, 0.2) is 18.2 Å². The van der Waals surface area contributed by atoms with Crippen molar-refractivity contribution in [2.75, 3.05) is 5.32 Å². The maximum Gasteiger partial charge on any atom is 0.0659 e. The van der Waals surface area contributed by atoms with Gasteiger partial charge in [0.15, 0.2) is 0 Å². The summed E-state index contributed by atoms with van der Waals surface area (Å²) < 4.78 is 0. The van der Waals surface area contributed by atoms with Crippen LogP contribution < -0.4 is 11.1 Å². The van der Waals surface area contributed by atoms with Crippen molar-refractivity contribution in [1.82, 2.24) is 0 Å². The smallest absolute Gasteiger partial charge is 0.0659 e. The lowest BCUT2D eigenvalue weighted by Gasteiger charge is -2.06. The minimum absolute atomic E-state index is 0.475. The van der Waals surface area contributed by atoms with Crippen LogP contribution in [0.3, 0.4) is 0 Å². The van der Waals surface area contributed by atoms with Gasteiger partial charge in [-0.15, -0.1) is 0 Å². The van der Waals surface area contributed by atoms with Gasteiger partial charge in [0.05, 0.1) is 5.49 Å². The molecule has 0 saturated carbocycles. The molecule has 12 heavy (non-hydrogen) atoms. The Bertz CT molecular complexity index is 288. The summed E-state index contributed by atoms with van der Waals surface area (Å²) in [4.78, 5) is 0. The van der Waals surface area contributed by atoms with Gasteiger partial charge in [-0.3, -0.25) is 0 Å². The van der Waals surface area contributed by atoms with E-state index in [1.165, 1.54) is 5.49 Å². The Kier molecular flexibility index (Phi) is 3.47. The zero-order chi connectivity index (χ0) is 8.97. The molecule has 4 heteroatoms. The standard InChI is InChI=1S/C8H9ClN2S/c9-7-2-1-6(4-10)8(3-7)11-5-12/h1-3,5H,4,10H2,(H,11,12). The minimum atomic E-state index is 0.475. The third kappa shape index (κ3) is 2.17. The van der Waals surface area contributed by atoms with Gasteiger partial charge in [0, 0.05) is 17.3 Å². The average molecular weight is 201 g/mol. The van der Waals surface area contributed by atoms with Crippen LogP contribution in [-0.4, -0.2) is 5.49 Å². The maximum atomic E-state index is 5.78. The summed E-state index contributed by atoms with van der Waals surface area (Å²) in [7, 11) is 0. The molecule has 0 radical (unpaired) electrons. The summed E-state index contributed by atoms with van der Waals surface area (Å²) in [6.07, 6.45) is 0. The molecule has 3 N–H and O–H groups in total. The van der Waals surface area contributed by atoms with Gasteiger partial charge in [-0.25, -0.2) is 0 Å². The van der Waals surface area contributed by atoms with Crippen molar-refractivity contribution in [3.8, 4) is 0 Å². The van der Waals surface area contributed by atoms with E-state index in [1.807, 2.05) is 6.07 Å². The number of nitrogens with two attached hydrogens (primary N) is 1. The Hall–Kier alpha value is -0.640. The molecule has 1 aromatic rings. The van der Waals surface area contributed by atoms with Crippen LogP contribution in [0.5, 0.6) is 0 Å². The molecule has 1 rings (SSSR count). The van der Waals surface area contributed by atoms with Gasteiger partial charge in [-0.05, 0) is 17.7 Å². The van der Waals surface area contributed by atoms with Crippen LogP contribution >= 0.6 is 23.8 Å². The summed E-state index contributed by atoms with van der Waals surface area (Å²) in [6, 6.07) is 5.48. The molecule has 1 aromatic carbocycles. The van der Waals surface area contributed by atoms with Gasteiger partial charge in [0.25, 0.3) is 0 Å². The first kappa shape index (κ1) is 9.45. The highest BCUT2D eigenvalue weighted by atomic mass is 35.5. The number of hydrogen-bond acceptors (Lipinski definition) is 2. The molecule has 0 bridgehead atoms. The van der Waals surface area contributed by atoms with Crippen molar-refractivity contribution >= 4 is 35.0 Å². The van der Waals surface area contributed by atoms with E-state index in [4.69, 9.17) is 17.3 Å². The lowest BCUT2D eigenvalue weighted by molar-refractivity contribution is 1.07. The Morgan fingerprint density at radius 3 is 2.92 bits per heavy atom. The molecule has 0 fully saturated rings. The second-order valence-corrected chi connectivity index (χ2v) is 2.94. The van der Waals surface area contributed by atoms with Gasteiger partial charge >= 0.3 is 0 Å². The van der Waals surface area contributed by atoms with E-state index in [0.29, 0.717) is 11.6 Å². The van der Waals surface area contributed by atoms with Crippen molar-refractivity contribution in [3.05, 3.63) is 28.8 Å². The zero-order valence-electron chi connectivity index (χ0n) is 6.38. The number of hydrogen-bond donors (Lipinski definition) is 2.